The van der Waals surface area contributed by atoms with Crippen LogP contribution in [0.5, 0.6) is 0 Å². The van der Waals surface area contributed by atoms with Crippen LogP contribution in [0.25, 0.3) is 33.2 Å². The first-order valence-corrected chi connectivity index (χ1v) is 10.6. The molecule has 0 fully saturated rings. The number of nitrogens with zero attached hydrogens (tertiary/aromatic N) is 2. The van der Waals surface area contributed by atoms with E-state index in [1.54, 1.807) is 7.05 Å². The average Bonchev–Trinajstić information content (AvgIpc) is 2.86. The molecule has 0 atom stereocenters. The van der Waals surface area contributed by atoms with Gasteiger partial charge in [0.15, 0.2) is 0 Å². The van der Waals surface area contributed by atoms with Crippen LogP contribution in [-0.4, -0.2) is 15.7 Å². The Morgan fingerprint density at radius 3 is 2.06 bits per heavy atom. The topological polar surface area (TPSA) is 64.0 Å². The molecule has 160 valence electrons. The largest absolute Gasteiger partial charge is 0.322 e. The summed E-state index contributed by atoms with van der Waals surface area (Å²) < 4.78 is 1.23. The summed E-state index contributed by atoms with van der Waals surface area (Å²) in [5.41, 5.74) is 2.91. The zero-order chi connectivity index (χ0) is 22.8. The van der Waals surface area contributed by atoms with Gasteiger partial charge < -0.3 is 5.32 Å². The lowest BCUT2D eigenvalue weighted by atomic mass is 9.95. The van der Waals surface area contributed by atoms with Crippen molar-refractivity contribution in [2.24, 2.45) is 7.05 Å². The standard InChI is InChI=1S/C28H21N3O2/c1-31-28(33)25(27(32)29-23-17-16-19-10-8-9-15-22(19)18-23)24(20-11-4-2-5-12-20)26(30-31)21-13-6-3-7-14-21/h2-18H,1H3,(H,29,32). The van der Waals surface area contributed by atoms with Gasteiger partial charge in [-0.15, -0.1) is 0 Å². The molecule has 0 aliphatic heterocycles. The van der Waals surface area contributed by atoms with Crippen LogP contribution in [0.2, 0.25) is 0 Å². The molecule has 0 spiro atoms. The molecule has 0 bridgehead atoms. The number of aryl methyl sites for hydroxylation is 1. The molecule has 0 aliphatic carbocycles. The summed E-state index contributed by atoms with van der Waals surface area (Å²) in [6.07, 6.45) is 0. The fourth-order valence-corrected chi connectivity index (χ4v) is 3.99. The summed E-state index contributed by atoms with van der Waals surface area (Å²) in [6.45, 7) is 0. The van der Waals surface area contributed by atoms with Gasteiger partial charge in [0.05, 0.1) is 5.69 Å². The van der Waals surface area contributed by atoms with E-state index in [0.717, 1.165) is 21.9 Å². The molecule has 0 unspecified atom stereocenters. The molecular formula is C28H21N3O2. The lowest BCUT2D eigenvalue weighted by Gasteiger charge is -2.16. The molecule has 0 radical (unpaired) electrons. The maximum Gasteiger partial charge on any atom is 0.280 e. The Morgan fingerprint density at radius 2 is 1.36 bits per heavy atom. The number of aromatic nitrogens is 2. The van der Waals surface area contributed by atoms with Gasteiger partial charge in [0.1, 0.15) is 5.56 Å². The van der Waals surface area contributed by atoms with E-state index in [1.165, 1.54) is 4.68 Å². The quantitative estimate of drug-likeness (QED) is 0.408. The van der Waals surface area contributed by atoms with Crippen LogP contribution in [0, 0.1) is 0 Å². The van der Waals surface area contributed by atoms with Gasteiger partial charge in [-0.1, -0.05) is 91.0 Å². The summed E-state index contributed by atoms with van der Waals surface area (Å²) in [7, 11) is 1.57. The Hall–Kier alpha value is -4.51. The van der Waals surface area contributed by atoms with Crippen LogP contribution in [0.3, 0.4) is 0 Å². The molecule has 4 aromatic carbocycles. The summed E-state index contributed by atoms with van der Waals surface area (Å²) >= 11 is 0. The number of nitrogens with one attached hydrogen (secondary N) is 1. The van der Waals surface area contributed by atoms with Gasteiger partial charge in [-0.05, 0) is 28.5 Å². The first-order chi connectivity index (χ1) is 16.1. The van der Waals surface area contributed by atoms with Crippen LogP contribution in [-0.2, 0) is 7.05 Å². The second kappa shape index (κ2) is 8.55. The zero-order valence-corrected chi connectivity index (χ0v) is 18.0. The highest BCUT2D eigenvalue weighted by Gasteiger charge is 2.24. The van der Waals surface area contributed by atoms with Crippen LogP contribution >= 0.6 is 0 Å². The Balaban J connectivity index is 1.69. The number of amides is 1. The maximum absolute atomic E-state index is 13.5. The van der Waals surface area contributed by atoms with Crippen molar-refractivity contribution < 1.29 is 4.79 Å². The zero-order valence-electron chi connectivity index (χ0n) is 18.0. The molecule has 5 aromatic rings. The average molecular weight is 431 g/mol. The molecule has 33 heavy (non-hydrogen) atoms. The van der Waals surface area contributed by atoms with Crippen molar-refractivity contribution in [2.45, 2.75) is 0 Å². The van der Waals surface area contributed by atoms with Gasteiger partial charge in [0.25, 0.3) is 11.5 Å². The molecule has 1 aromatic heterocycles. The van der Waals surface area contributed by atoms with Gasteiger partial charge in [0, 0.05) is 23.9 Å². The van der Waals surface area contributed by atoms with Crippen LogP contribution < -0.4 is 10.9 Å². The minimum Gasteiger partial charge on any atom is -0.322 e. The molecule has 1 amide bonds. The van der Waals surface area contributed by atoms with Crippen LogP contribution in [0.15, 0.2) is 108 Å². The summed E-state index contributed by atoms with van der Waals surface area (Å²) in [5, 5.41) is 9.54. The van der Waals surface area contributed by atoms with E-state index in [-0.39, 0.29) is 5.56 Å². The first kappa shape index (κ1) is 20.4. The Labute approximate surface area is 191 Å². The van der Waals surface area contributed by atoms with E-state index in [2.05, 4.69) is 10.4 Å². The van der Waals surface area contributed by atoms with E-state index in [1.807, 2.05) is 103 Å². The fraction of sp³-hybridized carbons (Fsp3) is 0.0357. The SMILES string of the molecule is Cn1nc(-c2ccccc2)c(-c2ccccc2)c(C(=O)Nc2ccc3ccccc3c2)c1=O. The van der Waals surface area contributed by atoms with Gasteiger partial charge in [-0.25, -0.2) is 4.68 Å². The lowest BCUT2D eigenvalue weighted by molar-refractivity contribution is 0.102. The van der Waals surface area contributed by atoms with Gasteiger partial charge in [-0.2, -0.15) is 5.10 Å². The van der Waals surface area contributed by atoms with E-state index in [9.17, 15) is 9.59 Å². The third-order valence-corrected chi connectivity index (χ3v) is 5.59. The van der Waals surface area contributed by atoms with E-state index in [0.29, 0.717) is 16.9 Å². The van der Waals surface area contributed by atoms with Gasteiger partial charge in [0.2, 0.25) is 0 Å². The molecule has 1 heterocycles. The second-order valence-electron chi connectivity index (χ2n) is 7.78. The van der Waals surface area contributed by atoms with Crippen molar-refractivity contribution in [3.63, 3.8) is 0 Å². The minimum atomic E-state index is -0.468. The number of rotatable bonds is 4. The number of anilines is 1. The van der Waals surface area contributed by atoms with Crippen molar-refractivity contribution >= 4 is 22.4 Å². The normalized spacial score (nSPS) is 10.8. The lowest BCUT2D eigenvalue weighted by Crippen LogP contribution is -2.31. The monoisotopic (exact) mass is 431 g/mol. The molecular weight excluding hydrogens is 410 g/mol. The Kier molecular flexibility index (Phi) is 5.29. The van der Waals surface area contributed by atoms with Gasteiger partial charge in [-0.3, -0.25) is 9.59 Å². The van der Waals surface area contributed by atoms with Crippen molar-refractivity contribution in [1.82, 2.24) is 9.78 Å². The third kappa shape index (κ3) is 3.92. The van der Waals surface area contributed by atoms with Crippen LogP contribution in [0.1, 0.15) is 10.4 Å². The number of carbonyl (C=O) groups excluding carboxylic acids is 1. The first-order valence-electron chi connectivity index (χ1n) is 10.6. The van der Waals surface area contributed by atoms with Crippen LogP contribution in [0.4, 0.5) is 5.69 Å². The molecule has 0 saturated heterocycles. The smallest absolute Gasteiger partial charge is 0.280 e. The highest BCUT2D eigenvalue weighted by molar-refractivity contribution is 6.10. The number of hydrogen-bond donors (Lipinski definition) is 1. The number of benzene rings is 4. The summed E-state index contributed by atoms with van der Waals surface area (Å²) in [6, 6.07) is 32.6. The summed E-state index contributed by atoms with van der Waals surface area (Å²) in [5.74, 6) is -0.468. The number of fused-ring (bicyclic) bond motifs is 1. The van der Waals surface area contributed by atoms with Crippen molar-refractivity contribution in [1.29, 1.82) is 0 Å². The fourth-order valence-electron chi connectivity index (χ4n) is 3.99. The highest BCUT2D eigenvalue weighted by Crippen LogP contribution is 2.32. The van der Waals surface area contributed by atoms with Crippen molar-refractivity contribution in [3.8, 4) is 22.4 Å². The minimum absolute atomic E-state index is 0.0608. The van der Waals surface area contributed by atoms with E-state index >= 15 is 0 Å². The molecule has 0 saturated carbocycles. The Bertz CT molecular complexity index is 1520. The van der Waals surface area contributed by atoms with E-state index < -0.39 is 11.5 Å². The second-order valence-corrected chi connectivity index (χ2v) is 7.78. The summed E-state index contributed by atoms with van der Waals surface area (Å²) in [4.78, 5) is 26.8. The van der Waals surface area contributed by atoms with Gasteiger partial charge >= 0.3 is 0 Å². The van der Waals surface area contributed by atoms with Crippen molar-refractivity contribution in [2.75, 3.05) is 5.32 Å². The number of hydrogen-bond acceptors (Lipinski definition) is 3. The predicted molar refractivity (Wildman–Crippen MR) is 132 cm³/mol. The van der Waals surface area contributed by atoms with E-state index in [4.69, 9.17) is 0 Å². The third-order valence-electron chi connectivity index (χ3n) is 5.59. The molecule has 0 aliphatic rings. The molecule has 5 nitrogen and oxygen atoms in total. The number of carbonyl (C=O) groups is 1. The molecule has 5 rings (SSSR count). The molecule has 1 N–H and O–H groups in total. The van der Waals surface area contributed by atoms with Crippen molar-refractivity contribution in [3.05, 3.63) is 119 Å². The maximum atomic E-state index is 13.5. The molecule has 5 heteroatoms. The highest BCUT2D eigenvalue weighted by atomic mass is 16.2. The Morgan fingerprint density at radius 1 is 0.758 bits per heavy atom. The predicted octanol–water partition coefficient (Wildman–Crippen LogP) is 5.52.